The van der Waals surface area contributed by atoms with E-state index in [2.05, 4.69) is 20.3 Å². The quantitative estimate of drug-likeness (QED) is 0.767. The molecule has 0 saturated carbocycles. The average Bonchev–Trinajstić information content (AvgIpc) is 3.10. The van der Waals surface area contributed by atoms with Crippen LogP contribution in [0.4, 0.5) is 5.82 Å². The Labute approximate surface area is 143 Å². The first-order valence-corrected chi connectivity index (χ1v) is 8.88. The molecule has 1 aliphatic heterocycles. The summed E-state index contributed by atoms with van der Waals surface area (Å²) in [6.07, 6.45) is 5.40. The number of rotatable bonds is 5. The maximum Gasteiger partial charge on any atom is 0.213 e. The highest BCUT2D eigenvalue weighted by Gasteiger charge is 2.16. The summed E-state index contributed by atoms with van der Waals surface area (Å²) < 4.78 is 12.4. The summed E-state index contributed by atoms with van der Waals surface area (Å²) in [6, 6.07) is 5.96. The lowest BCUT2D eigenvalue weighted by atomic mass is 10.1. The van der Waals surface area contributed by atoms with Crippen LogP contribution in [-0.2, 0) is 11.3 Å². The highest BCUT2D eigenvalue weighted by Crippen LogP contribution is 2.25. The van der Waals surface area contributed by atoms with Gasteiger partial charge in [-0.05, 0) is 23.1 Å². The second kappa shape index (κ2) is 7.11. The minimum atomic E-state index is 0.196. The molecule has 1 saturated heterocycles. The Morgan fingerprint density at radius 1 is 1.21 bits per heavy atom. The highest BCUT2D eigenvalue weighted by atomic mass is 32.1. The molecule has 4 heterocycles. The van der Waals surface area contributed by atoms with Crippen LogP contribution in [0.2, 0.25) is 0 Å². The Bertz CT molecular complexity index is 817. The average molecular weight is 342 g/mol. The van der Waals surface area contributed by atoms with Crippen LogP contribution in [0, 0.1) is 0 Å². The van der Waals surface area contributed by atoms with E-state index in [4.69, 9.17) is 9.47 Å². The van der Waals surface area contributed by atoms with Gasteiger partial charge in [0, 0.05) is 31.6 Å². The lowest BCUT2D eigenvalue weighted by molar-refractivity contribution is 0.0237. The summed E-state index contributed by atoms with van der Waals surface area (Å²) >= 11 is 1.64. The van der Waals surface area contributed by atoms with E-state index >= 15 is 0 Å². The zero-order chi connectivity index (χ0) is 16.2. The van der Waals surface area contributed by atoms with E-state index in [1.807, 2.05) is 23.6 Å². The van der Waals surface area contributed by atoms with Gasteiger partial charge in [-0.15, -0.1) is 11.3 Å². The van der Waals surface area contributed by atoms with Gasteiger partial charge in [-0.2, -0.15) is 0 Å². The van der Waals surface area contributed by atoms with Gasteiger partial charge in [0.15, 0.2) is 0 Å². The fraction of sp³-hybridized carbons (Fsp3) is 0.353. The highest BCUT2D eigenvalue weighted by molar-refractivity contribution is 7.17. The third kappa shape index (κ3) is 3.47. The minimum absolute atomic E-state index is 0.196. The number of nitrogens with one attached hydrogen (secondary N) is 1. The van der Waals surface area contributed by atoms with Crippen LogP contribution < -0.4 is 10.1 Å². The van der Waals surface area contributed by atoms with Crippen molar-refractivity contribution in [1.82, 2.24) is 15.0 Å². The van der Waals surface area contributed by atoms with E-state index in [0.717, 1.165) is 47.7 Å². The topological polar surface area (TPSA) is 69.2 Å². The molecule has 24 heavy (non-hydrogen) atoms. The summed E-state index contributed by atoms with van der Waals surface area (Å²) in [5.41, 5.74) is 2.08. The van der Waals surface area contributed by atoms with Crippen LogP contribution in [0.1, 0.15) is 18.4 Å². The molecule has 0 unspecified atom stereocenters. The van der Waals surface area contributed by atoms with Gasteiger partial charge in [0.05, 0.1) is 23.4 Å². The third-order valence-electron chi connectivity index (χ3n) is 3.96. The van der Waals surface area contributed by atoms with Crippen LogP contribution in [0.15, 0.2) is 36.1 Å². The first-order chi connectivity index (χ1) is 11.9. The molecule has 1 fully saturated rings. The van der Waals surface area contributed by atoms with Crippen molar-refractivity contribution in [3.8, 4) is 5.88 Å². The third-order valence-corrected chi connectivity index (χ3v) is 4.87. The molecule has 0 aliphatic carbocycles. The number of hydrogen-bond donors (Lipinski definition) is 1. The monoisotopic (exact) mass is 342 g/mol. The number of ether oxygens (including phenoxy) is 2. The van der Waals surface area contributed by atoms with Crippen molar-refractivity contribution in [2.45, 2.75) is 25.5 Å². The zero-order valence-electron chi connectivity index (χ0n) is 13.1. The SMILES string of the molecule is c1cc(CNc2ncnc3ccsc23)cc(OC2CCOCC2)n1. The molecule has 3 aromatic rings. The van der Waals surface area contributed by atoms with Gasteiger partial charge in [-0.1, -0.05) is 0 Å². The fourth-order valence-corrected chi connectivity index (χ4v) is 3.50. The number of hydrogen-bond acceptors (Lipinski definition) is 7. The van der Waals surface area contributed by atoms with Crippen molar-refractivity contribution in [3.05, 3.63) is 41.7 Å². The van der Waals surface area contributed by atoms with E-state index in [1.165, 1.54) is 0 Å². The van der Waals surface area contributed by atoms with Gasteiger partial charge in [-0.25, -0.2) is 15.0 Å². The molecule has 4 rings (SSSR count). The zero-order valence-corrected chi connectivity index (χ0v) is 14.0. The molecule has 7 heteroatoms. The number of fused-ring (bicyclic) bond motifs is 1. The van der Waals surface area contributed by atoms with Gasteiger partial charge in [0.1, 0.15) is 18.2 Å². The normalized spacial score (nSPS) is 15.5. The number of pyridine rings is 1. The molecule has 124 valence electrons. The standard InChI is InChI=1S/C17H18N4O2S/c1-5-18-15(23-13-2-6-22-7-3-13)9-12(1)10-19-17-16-14(4-8-24-16)20-11-21-17/h1,4-5,8-9,11,13H,2-3,6-7,10H2,(H,19,20,21). The number of aromatic nitrogens is 3. The molecule has 0 radical (unpaired) electrons. The van der Waals surface area contributed by atoms with Gasteiger partial charge in [-0.3, -0.25) is 0 Å². The fourth-order valence-electron chi connectivity index (χ4n) is 2.69. The van der Waals surface area contributed by atoms with E-state index in [9.17, 15) is 0 Å². The molecule has 1 N–H and O–H groups in total. The maximum absolute atomic E-state index is 5.96. The van der Waals surface area contributed by atoms with E-state index < -0.39 is 0 Å². The molecular formula is C17H18N4O2S. The van der Waals surface area contributed by atoms with Gasteiger partial charge >= 0.3 is 0 Å². The number of thiophene rings is 1. The Balaban J connectivity index is 1.43. The van der Waals surface area contributed by atoms with Gasteiger partial charge in [0.25, 0.3) is 0 Å². The smallest absolute Gasteiger partial charge is 0.213 e. The summed E-state index contributed by atoms with van der Waals surface area (Å²) in [4.78, 5) is 12.9. The van der Waals surface area contributed by atoms with Crippen molar-refractivity contribution in [2.24, 2.45) is 0 Å². The van der Waals surface area contributed by atoms with Crippen LogP contribution in [-0.4, -0.2) is 34.3 Å². The predicted molar refractivity (Wildman–Crippen MR) is 93.4 cm³/mol. The molecule has 6 nitrogen and oxygen atoms in total. The molecule has 3 aromatic heterocycles. The van der Waals surface area contributed by atoms with E-state index in [-0.39, 0.29) is 6.10 Å². The molecule has 1 aliphatic rings. The molecule has 0 aromatic carbocycles. The Kier molecular flexibility index (Phi) is 4.53. The Morgan fingerprint density at radius 3 is 3.04 bits per heavy atom. The Morgan fingerprint density at radius 2 is 2.12 bits per heavy atom. The predicted octanol–water partition coefficient (Wildman–Crippen LogP) is 3.26. The van der Waals surface area contributed by atoms with Crippen LogP contribution in [0.25, 0.3) is 10.2 Å². The summed E-state index contributed by atoms with van der Waals surface area (Å²) in [5.74, 6) is 1.53. The van der Waals surface area contributed by atoms with Crippen molar-refractivity contribution in [3.63, 3.8) is 0 Å². The first kappa shape index (κ1) is 15.3. The molecular weight excluding hydrogens is 324 g/mol. The first-order valence-electron chi connectivity index (χ1n) is 8.00. The van der Waals surface area contributed by atoms with Crippen molar-refractivity contribution < 1.29 is 9.47 Å². The van der Waals surface area contributed by atoms with Crippen molar-refractivity contribution in [2.75, 3.05) is 18.5 Å². The number of anilines is 1. The van der Waals surface area contributed by atoms with E-state index in [0.29, 0.717) is 12.4 Å². The van der Waals surface area contributed by atoms with Crippen LogP contribution >= 0.6 is 11.3 Å². The summed E-state index contributed by atoms with van der Waals surface area (Å²) in [7, 11) is 0. The Hall–Kier alpha value is -2.25. The van der Waals surface area contributed by atoms with Gasteiger partial charge in [0.2, 0.25) is 5.88 Å². The molecule has 0 spiro atoms. The van der Waals surface area contributed by atoms with Crippen molar-refractivity contribution in [1.29, 1.82) is 0 Å². The lowest BCUT2D eigenvalue weighted by Crippen LogP contribution is -2.26. The van der Waals surface area contributed by atoms with Gasteiger partial charge < -0.3 is 14.8 Å². The summed E-state index contributed by atoms with van der Waals surface area (Å²) in [5, 5.41) is 5.40. The molecule has 0 atom stereocenters. The second-order valence-electron chi connectivity index (χ2n) is 5.64. The maximum atomic E-state index is 5.96. The van der Waals surface area contributed by atoms with Crippen LogP contribution in [0.3, 0.4) is 0 Å². The minimum Gasteiger partial charge on any atom is -0.474 e. The summed E-state index contributed by atoms with van der Waals surface area (Å²) in [6.45, 7) is 2.18. The second-order valence-corrected chi connectivity index (χ2v) is 6.56. The van der Waals surface area contributed by atoms with Crippen molar-refractivity contribution >= 4 is 27.4 Å². The number of nitrogens with zero attached hydrogens (tertiary/aromatic N) is 3. The lowest BCUT2D eigenvalue weighted by Gasteiger charge is -2.22. The largest absolute Gasteiger partial charge is 0.474 e. The van der Waals surface area contributed by atoms with Crippen LogP contribution in [0.5, 0.6) is 5.88 Å². The molecule has 0 bridgehead atoms. The molecule has 0 amide bonds. The van der Waals surface area contributed by atoms with E-state index in [1.54, 1.807) is 23.9 Å².